The molecule has 1 aromatic rings. The van der Waals surface area contributed by atoms with Crippen LogP contribution in [0.1, 0.15) is 5.56 Å². The number of hydrogen-bond acceptors (Lipinski definition) is 4. The summed E-state index contributed by atoms with van der Waals surface area (Å²) in [6.07, 6.45) is -1.38. The molecular formula is C12H15FN2O2. The third-order valence-electron chi connectivity index (χ3n) is 2.78. The van der Waals surface area contributed by atoms with Crippen LogP contribution in [0.5, 0.6) is 0 Å². The van der Waals surface area contributed by atoms with Gasteiger partial charge >= 0.3 is 5.97 Å². The maximum atomic E-state index is 13.5. The third-order valence-corrected chi connectivity index (χ3v) is 2.78. The van der Waals surface area contributed by atoms with Gasteiger partial charge in [-0.3, -0.25) is 4.79 Å². The van der Waals surface area contributed by atoms with E-state index in [4.69, 9.17) is 10.5 Å². The van der Waals surface area contributed by atoms with Gasteiger partial charge in [-0.15, -0.1) is 0 Å². The average molecular weight is 238 g/mol. The van der Waals surface area contributed by atoms with Crippen molar-refractivity contribution in [2.75, 3.05) is 6.54 Å². The highest BCUT2D eigenvalue weighted by Gasteiger charge is 2.39. The second kappa shape index (κ2) is 5.25. The van der Waals surface area contributed by atoms with Gasteiger partial charge in [0.15, 0.2) is 0 Å². The molecule has 3 N–H and O–H groups in total. The van der Waals surface area contributed by atoms with Crippen molar-refractivity contribution < 1.29 is 13.9 Å². The number of halogens is 1. The van der Waals surface area contributed by atoms with Crippen LogP contribution in [0.15, 0.2) is 30.3 Å². The van der Waals surface area contributed by atoms with Crippen molar-refractivity contribution in [1.82, 2.24) is 5.32 Å². The molecule has 0 unspecified atom stereocenters. The van der Waals surface area contributed by atoms with E-state index in [2.05, 4.69) is 5.32 Å². The first kappa shape index (κ1) is 12.0. The van der Waals surface area contributed by atoms with Crippen LogP contribution in [0.2, 0.25) is 0 Å². The Morgan fingerprint density at radius 3 is 2.76 bits per heavy atom. The van der Waals surface area contributed by atoms with Crippen molar-refractivity contribution in [1.29, 1.82) is 0 Å². The Morgan fingerprint density at radius 2 is 2.18 bits per heavy atom. The SMILES string of the molecule is N[C@@H]1CN[C@H](C(=O)OCc2ccccc2)[C@H]1F. The summed E-state index contributed by atoms with van der Waals surface area (Å²) >= 11 is 0. The van der Waals surface area contributed by atoms with Crippen LogP contribution in [0, 0.1) is 0 Å². The van der Waals surface area contributed by atoms with Gasteiger partial charge in [-0.05, 0) is 5.56 Å². The Balaban J connectivity index is 1.86. The fourth-order valence-electron chi connectivity index (χ4n) is 1.77. The minimum absolute atomic E-state index is 0.153. The number of esters is 1. The van der Waals surface area contributed by atoms with Crippen LogP contribution in [0.3, 0.4) is 0 Å². The number of nitrogens with one attached hydrogen (secondary N) is 1. The molecule has 0 aliphatic carbocycles. The second-order valence-corrected chi connectivity index (χ2v) is 4.09. The standard InChI is InChI=1S/C12H15FN2O2/c13-10-9(14)6-15-11(10)12(16)17-7-8-4-2-1-3-5-8/h1-5,9-11,15H,6-7,14H2/t9-,10+,11+/m1/s1. The summed E-state index contributed by atoms with van der Waals surface area (Å²) < 4.78 is 18.5. The summed E-state index contributed by atoms with van der Waals surface area (Å²) in [6, 6.07) is 7.69. The highest BCUT2D eigenvalue weighted by molar-refractivity contribution is 5.77. The summed E-state index contributed by atoms with van der Waals surface area (Å²) in [4.78, 5) is 11.6. The van der Waals surface area contributed by atoms with E-state index < -0.39 is 24.2 Å². The van der Waals surface area contributed by atoms with E-state index in [1.54, 1.807) is 0 Å². The van der Waals surface area contributed by atoms with Crippen LogP contribution >= 0.6 is 0 Å². The van der Waals surface area contributed by atoms with Gasteiger partial charge in [0.05, 0.1) is 6.04 Å². The van der Waals surface area contributed by atoms with E-state index in [0.717, 1.165) is 5.56 Å². The molecule has 4 nitrogen and oxygen atoms in total. The molecule has 2 rings (SSSR count). The number of hydrogen-bond donors (Lipinski definition) is 2. The van der Waals surface area contributed by atoms with Crippen molar-refractivity contribution in [3.05, 3.63) is 35.9 Å². The van der Waals surface area contributed by atoms with Crippen LogP contribution in [0.4, 0.5) is 4.39 Å². The number of carbonyl (C=O) groups excluding carboxylic acids is 1. The van der Waals surface area contributed by atoms with Crippen LogP contribution in [0.25, 0.3) is 0 Å². The zero-order valence-corrected chi connectivity index (χ0v) is 9.30. The minimum Gasteiger partial charge on any atom is -0.460 e. The Kier molecular flexibility index (Phi) is 3.71. The minimum atomic E-state index is -1.38. The highest BCUT2D eigenvalue weighted by atomic mass is 19.1. The third kappa shape index (κ3) is 2.81. The van der Waals surface area contributed by atoms with E-state index in [9.17, 15) is 9.18 Å². The van der Waals surface area contributed by atoms with Gasteiger partial charge in [-0.1, -0.05) is 30.3 Å². The lowest BCUT2D eigenvalue weighted by molar-refractivity contribution is -0.148. The first-order valence-corrected chi connectivity index (χ1v) is 5.52. The van der Waals surface area contributed by atoms with E-state index >= 15 is 0 Å². The molecule has 1 aromatic carbocycles. The molecule has 92 valence electrons. The number of nitrogens with two attached hydrogens (primary N) is 1. The maximum Gasteiger partial charge on any atom is 0.326 e. The van der Waals surface area contributed by atoms with E-state index in [0.29, 0.717) is 6.54 Å². The second-order valence-electron chi connectivity index (χ2n) is 4.09. The maximum absolute atomic E-state index is 13.5. The average Bonchev–Trinajstić information content (AvgIpc) is 2.69. The summed E-state index contributed by atoms with van der Waals surface area (Å²) in [5.74, 6) is -0.589. The first-order valence-electron chi connectivity index (χ1n) is 5.52. The molecule has 0 saturated carbocycles. The molecule has 1 fully saturated rings. The fraction of sp³-hybridized carbons (Fsp3) is 0.417. The number of benzene rings is 1. The van der Waals surface area contributed by atoms with Crippen molar-refractivity contribution in [3.63, 3.8) is 0 Å². The lowest BCUT2D eigenvalue weighted by Crippen LogP contribution is -2.40. The predicted octanol–water partition coefficient (Wildman–Crippen LogP) is 0.367. The fourth-order valence-corrected chi connectivity index (χ4v) is 1.77. The summed E-state index contributed by atoms with van der Waals surface area (Å²) in [5, 5.41) is 2.72. The molecule has 1 heterocycles. The van der Waals surface area contributed by atoms with Crippen molar-refractivity contribution in [2.45, 2.75) is 24.9 Å². The monoisotopic (exact) mass is 238 g/mol. The van der Waals surface area contributed by atoms with Gasteiger partial charge in [0, 0.05) is 6.54 Å². The van der Waals surface area contributed by atoms with E-state index in [1.807, 2.05) is 30.3 Å². The van der Waals surface area contributed by atoms with Gasteiger partial charge in [0.25, 0.3) is 0 Å². The largest absolute Gasteiger partial charge is 0.460 e. The molecule has 1 aliphatic rings. The molecule has 0 radical (unpaired) electrons. The van der Waals surface area contributed by atoms with Gasteiger partial charge in [0.1, 0.15) is 18.8 Å². The zero-order chi connectivity index (χ0) is 12.3. The molecule has 0 amide bonds. The van der Waals surface area contributed by atoms with Crippen molar-refractivity contribution >= 4 is 5.97 Å². The Hall–Kier alpha value is -1.46. The summed E-state index contributed by atoms with van der Waals surface area (Å²) in [7, 11) is 0. The Bertz CT molecular complexity index is 385. The predicted molar refractivity (Wildman–Crippen MR) is 60.9 cm³/mol. The first-order chi connectivity index (χ1) is 8.18. The smallest absolute Gasteiger partial charge is 0.326 e. The lowest BCUT2D eigenvalue weighted by Gasteiger charge is -2.13. The van der Waals surface area contributed by atoms with E-state index in [1.165, 1.54) is 0 Å². The normalized spacial score (nSPS) is 28.0. The van der Waals surface area contributed by atoms with Gasteiger partial charge in [-0.2, -0.15) is 0 Å². The molecular weight excluding hydrogens is 223 g/mol. The highest BCUT2D eigenvalue weighted by Crippen LogP contribution is 2.12. The van der Waals surface area contributed by atoms with Crippen LogP contribution < -0.4 is 11.1 Å². The molecule has 17 heavy (non-hydrogen) atoms. The molecule has 0 bridgehead atoms. The number of alkyl halides is 1. The quantitative estimate of drug-likeness (QED) is 0.747. The van der Waals surface area contributed by atoms with Crippen molar-refractivity contribution in [3.8, 4) is 0 Å². The Morgan fingerprint density at radius 1 is 1.47 bits per heavy atom. The Labute approximate surface area is 98.9 Å². The lowest BCUT2D eigenvalue weighted by atomic mass is 10.1. The van der Waals surface area contributed by atoms with Gasteiger partial charge in [-0.25, -0.2) is 4.39 Å². The van der Waals surface area contributed by atoms with Gasteiger partial charge in [0.2, 0.25) is 0 Å². The summed E-state index contributed by atoms with van der Waals surface area (Å²) in [6.45, 7) is 0.450. The molecule has 0 spiro atoms. The molecule has 3 atom stereocenters. The summed E-state index contributed by atoms with van der Waals surface area (Å²) in [5.41, 5.74) is 6.34. The number of rotatable bonds is 3. The molecule has 0 aromatic heterocycles. The zero-order valence-electron chi connectivity index (χ0n) is 9.30. The topological polar surface area (TPSA) is 64.3 Å². The van der Waals surface area contributed by atoms with E-state index in [-0.39, 0.29) is 6.61 Å². The van der Waals surface area contributed by atoms with Gasteiger partial charge < -0.3 is 15.8 Å². The number of ether oxygens (including phenoxy) is 1. The molecule has 5 heteroatoms. The number of carbonyl (C=O) groups is 1. The van der Waals surface area contributed by atoms with Crippen LogP contribution in [-0.2, 0) is 16.1 Å². The molecule has 1 aliphatic heterocycles. The van der Waals surface area contributed by atoms with Crippen molar-refractivity contribution in [2.24, 2.45) is 5.73 Å². The molecule has 1 saturated heterocycles. The van der Waals surface area contributed by atoms with Crippen LogP contribution in [-0.4, -0.2) is 30.8 Å².